The monoisotopic (exact) mass is 347 g/mol. The third kappa shape index (κ3) is 3.77. The maximum atomic E-state index is 12.4. The Morgan fingerprint density at radius 3 is 2.92 bits per heavy atom. The SMILES string of the molecule is CCO[C@@H]1CN(C)C[C@H]1NC(=O)CSc1cn(C)c2ccccc12. The van der Waals surface area contributed by atoms with Gasteiger partial charge in [0.15, 0.2) is 0 Å². The van der Waals surface area contributed by atoms with Crippen LogP contribution in [0.15, 0.2) is 35.4 Å². The van der Waals surface area contributed by atoms with Crippen molar-refractivity contribution in [1.82, 2.24) is 14.8 Å². The fourth-order valence-electron chi connectivity index (χ4n) is 3.30. The van der Waals surface area contributed by atoms with Crippen LogP contribution in [0.2, 0.25) is 0 Å². The number of ether oxygens (including phenoxy) is 1. The first-order chi connectivity index (χ1) is 11.6. The molecule has 1 aromatic carbocycles. The second-order valence-corrected chi connectivity index (χ2v) is 7.32. The van der Waals surface area contributed by atoms with Gasteiger partial charge in [-0.15, -0.1) is 11.8 Å². The van der Waals surface area contributed by atoms with Crippen LogP contribution in [0, 0.1) is 0 Å². The van der Waals surface area contributed by atoms with E-state index in [-0.39, 0.29) is 18.1 Å². The number of nitrogens with one attached hydrogen (secondary N) is 1. The van der Waals surface area contributed by atoms with E-state index in [4.69, 9.17) is 4.74 Å². The molecule has 0 saturated carbocycles. The maximum Gasteiger partial charge on any atom is 0.230 e. The van der Waals surface area contributed by atoms with Gasteiger partial charge in [0.25, 0.3) is 0 Å². The first kappa shape index (κ1) is 17.3. The van der Waals surface area contributed by atoms with Crippen LogP contribution in [-0.2, 0) is 16.6 Å². The van der Waals surface area contributed by atoms with Crippen LogP contribution in [0.3, 0.4) is 0 Å². The number of para-hydroxylation sites is 1. The number of carbonyl (C=O) groups is 1. The lowest BCUT2D eigenvalue weighted by molar-refractivity contribution is -0.120. The molecule has 0 bridgehead atoms. The van der Waals surface area contributed by atoms with E-state index in [0.717, 1.165) is 18.0 Å². The average Bonchev–Trinajstić information content (AvgIpc) is 3.06. The highest BCUT2D eigenvalue weighted by molar-refractivity contribution is 8.00. The van der Waals surface area contributed by atoms with Crippen LogP contribution in [0.4, 0.5) is 0 Å². The minimum atomic E-state index is 0.0675. The van der Waals surface area contributed by atoms with Crippen molar-refractivity contribution in [2.24, 2.45) is 7.05 Å². The Bertz CT molecular complexity index is 715. The second kappa shape index (κ2) is 7.59. The van der Waals surface area contributed by atoms with Gasteiger partial charge in [-0.05, 0) is 20.0 Å². The highest BCUT2D eigenvalue weighted by Crippen LogP contribution is 2.29. The molecule has 0 spiro atoms. The van der Waals surface area contributed by atoms with E-state index in [0.29, 0.717) is 12.4 Å². The number of nitrogens with zero attached hydrogens (tertiary/aromatic N) is 2. The molecule has 0 aliphatic carbocycles. The van der Waals surface area contributed by atoms with Crippen molar-refractivity contribution in [3.05, 3.63) is 30.5 Å². The number of aromatic nitrogens is 1. The molecule has 3 rings (SSSR count). The molecule has 1 aromatic heterocycles. The average molecular weight is 347 g/mol. The predicted octanol–water partition coefficient (Wildman–Crippen LogP) is 2.11. The zero-order valence-corrected chi connectivity index (χ0v) is 15.3. The molecule has 2 aromatic rings. The van der Waals surface area contributed by atoms with Gasteiger partial charge in [0.05, 0.1) is 17.9 Å². The summed E-state index contributed by atoms with van der Waals surface area (Å²) in [5.74, 6) is 0.491. The van der Waals surface area contributed by atoms with Gasteiger partial charge in [0.2, 0.25) is 5.91 Å². The van der Waals surface area contributed by atoms with Crippen molar-refractivity contribution in [3.63, 3.8) is 0 Å². The van der Waals surface area contributed by atoms with Crippen LogP contribution in [0.25, 0.3) is 10.9 Å². The number of benzene rings is 1. The van der Waals surface area contributed by atoms with Crippen molar-refractivity contribution in [1.29, 1.82) is 0 Å². The summed E-state index contributed by atoms with van der Waals surface area (Å²) >= 11 is 1.59. The summed E-state index contributed by atoms with van der Waals surface area (Å²) in [7, 11) is 4.09. The lowest BCUT2D eigenvalue weighted by Crippen LogP contribution is -2.44. The van der Waals surface area contributed by atoms with E-state index in [1.807, 2.05) is 26.1 Å². The number of rotatable bonds is 6. The molecule has 0 unspecified atom stereocenters. The fourth-order valence-corrected chi connectivity index (χ4v) is 4.23. The number of likely N-dealkylation sites (tertiary alicyclic amines) is 1. The quantitative estimate of drug-likeness (QED) is 0.813. The van der Waals surface area contributed by atoms with Crippen molar-refractivity contribution in [2.75, 3.05) is 32.5 Å². The Morgan fingerprint density at radius 2 is 2.12 bits per heavy atom. The van der Waals surface area contributed by atoms with Crippen LogP contribution >= 0.6 is 11.8 Å². The summed E-state index contributed by atoms with van der Waals surface area (Å²) in [6.45, 7) is 4.38. The van der Waals surface area contributed by atoms with E-state index in [1.54, 1.807) is 11.8 Å². The fraction of sp³-hybridized carbons (Fsp3) is 0.500. The van der Waals surface area contributed by atoms with Crippen molar-refractivity contribution < 1.29 is 9.53 Å². The molecule has 0 radical (unpaired) electrons. The van der Waals surface area contributed by atoms with Gasteiger partial charge in [-0.25, -0.2) is 0 Å². The molecule has 130 valence electrons. The molecule has 2 atom stereocenters. The van der Waals surface area contributed by atoms with Gasteiger partial charge in [-0.1, -0.05) is 18.2 Å². The molecule has 24 heavy (non-hydrogen) atoms. The molecule has 1 aliphatic heterocycles. The highest BCUT2D eigenvalue weighted by Gasteiger charge is 2.32. The molecule has 6 heteroatoms. The van der Waals surface area contributed by atoms with Gasteiger partial charge in [0, 0.05) is 48.7 Å². The van der Waals surface area contributed by atoms with Gasteiger partial charge >= 0.3 is 0 Å². The molecule has 1 aliphatic rings. The van der Waals surface area contributed by atoms with Gasteiger partial charge in [-0.2, -0.15) is 0 Å². The molecule has 5 nitrogen and oxygen atoms in total. The second-order valence-electron chi connectivity index (χ2n) is 6.30. The van der Waals surface area contributed by atoms with E-state index in [9.17, 15) is 4.79 Å². The number of hydrogen-bond acceptors (Lipinski definition) is 4. The summed E-state index contributed by atoms with van der Waals surface area (Å²) in [6.07, 6.45) is 2.18. The number of fused-ring (bicyclic) bond motifs is 1. The van der Waals surface area contributed by atoms with Crippen LogP contribution in [-0.4, -0.2) is 60.0 Å². The zero-order valence-electron chi connectivity index (χ0n) is 14.5. The summed E-state index contributed by atoms with van der Waals surface area (Å²) < 4.78 is 7.85. The Labute approximate surface area is 147 Å². The van der Waals surface area contributed by atoms with Crippen LogP contribution < -0.4 is 5.32 Å². The van der Waals surface area contributed by atoms with E-state index in [1.165, 1.54) is 10.9 Å². The molecular formula is C18H25N3O2S. The maximum absolute atomic E-state index is 12.4. The van der Waals surface area contributed by atoms with E-state index < -0.39 is 0 Å². The highest BCUT2D eigenvalue weighted by atomic mass is 32.2. The molecule has 1 amide bonds. The minimum Gasteiger partial charge on any atom is -0.375 e. The summed E-state index contributed by atoms with van der Waals surface area (Å²) in [4.78, 5) is 15.7. The lowest BCUT2D eigenvalue weighted by atomic mass is 10.2. The number of aryl methyl sites for hydroxylation is 1. The third-order valence-corrected chi connectivity index (χ3v) is 5.44. The van der Waals surface area contributed by atoms with Gasteiger partial charge in [0.1, 0.15) is 0 Å². The summed E-state index contributed by atoms with van der Waals surface area (Å²) in [5.41, 5.74) is 1.19. The molecule has 1 fully saturated rings. The number of amides is 1. The van der Waals surface area contributed by atoms with Crippen molar-refractivity contribution >= 4 is 28.6 Å². The Balaban J connectivity index is 1.59. The predicted molar refractivity (Wildman–Crippen MR) is 98.5 cm³/mol. The Morgan fingerprint density at radius 1 is 1.33 bits per heavy atom. The largest absolute Gasteiger partial charge is 0.375 e. The Kier molecular flexibility index (Phi) is 5.48. The number of hydrogen-bond donors (Lipinski definition) is 1. The molecule has 1 N–H and O–H groups in total. The van der Waals surface area contributed by atoms with Crippen LogP contribution in [0.1, 0.15) is 6.92 Å². The lowest BCUT2D eigenvalue weighted by Gasteiger charge is -2.19. The minimum absolute atomic E-state index is 0.0675. The van der Waals surface area contributed by atoms with Gasteiger partial charge < -0.3 is 19.5 Å². The number of thioether (sulfide) groups is 1. The zero-order chi connectivity index (χ0) is 17.1. The molecule has 1 saturated heterocycles. The summed E-state index contributed by atoms with van der Waals surface area (Å²) in [5, 5.41) is 4.34. The first-order valence-electron chi connectivity index (χ1n) is 8.35. The Hall–Kier alpha value is -1.50. The number of carbonyl (C=O) groups excluding carboxylic acids is 1. The third-order valence-electron chi connectivity index (χ3n) is 4.40. The standard InChI is InChI=1S/C18H25N3O2S/c1-4-23-16-10-20(2)9-14(16)19-18(22)12-24-17-11-21(3)15-8-6-5-7-13(15)17/h5-8,11,14,16H,4,9-10,12H2,1-3H3,(H,19,22)/t14-,16-/m1/s1. The molecule has 2 heterocycles. The molecular weight excluding hydrogens is 322 g/mol. The smallest absolute Gasteiger partial charge is 0.230 e. The normalized spacial score (nSPS) is 21.5. The number of likely N-dealkylation sites (N-methyl/N-ethyl adjacent to an activating group) is 1. The first-order valence-corrected chi connectivity index (χ1v) is 9.33. The van der Waals surface area contributed by atoms with Crippen molar-refractivity contribution in [3.8, 4) is 0 Å². The van der Waals surface area contributed by atoms with Crippen LogP contribution in [0.5, 0.6) is 0 Å². The summed E-state index contributed by atoms with van der Waals surface area (Å²) in [6, 6.07) is 8.35. The topological polar surface area (TPSA) is 46.5 Å². The van der Waals surface area contributed by atoms with E-state index in [2.05, 4.69) is 40.2 Å². The van der Waals surface area contributed by atoms with Crippen molar-refractivity contribution in [2.45, 2.75) is 24.0 Å². The van der Waals surface area contributed by atoms with E-state index >= 15 is 0 Å². The van der Waals surface area contributed by atoms with Gasteiger partial charge in [-0.3, -0.25) is 4.79 Å².